The molecule has 0 radical (unpaired) electrons. The summed E-state index contributed by atoms with van der Waals surface area (Å²) in [5.74, 6) is -2.92. The minimum absolute atomic E-state index is 0.0912. The number of carbonyl (C=O) groups is 2. The fourth-order valence-electron chi connectivity index (χ4n) is 3.99. The average Bonchev–Trinajstić information content (AvgIpc) is 3.04. The zero-order chi connectivity index (χ0) is 25.9. The third-order valence-corrected chi connectivity index (χ3v) is 6.29. The summed E-state index contributed by atoms with van der Waals surface area (Å²) in [6.07, 6.45) is -2.80. The van der Waals surface area contributed by atoms with E-state index < -0.39 is 30.6 Å². The van der Waals surface area contributed by atoms with Crippen LogP contribution in [0.2, 0.25) is 0 Å². The van der Waals surface area contributed by atoms with Gasteiger partial charge in [0, 0.05) is 5.56 Å². The third kappa shape index (κ3) is 5.47. The summed E-state index contributed by atoms with van der Waals surface area (Å²) >= 11 is 1.23. The molecule has 0 fully saturated rings. The van der Waals surface area contributed by atoms with Gasteiger partial charge in [0.05, 0.1) is 31.7 Å². The Hall–Kier alpha value is -3.41. The first-order valence-electron chi connectivity index (χ1n) is 10.4. The Balaban J connectivity index is 2.11. The van der Waals surface area contributed by atoms with E-state index in [-0.39, 0.29) is 29.1 Å². The predicted molar refractivity (Wildman–Crippen MR) is 123 cm³/mol. The minimum atomic E-state index is -5.12. The van der Waals surface area contributed by atoms with Crippen LogP contribution in [0.3, 0.4) is 0 Å². The zero-order valence-electron chi connectivity index (χ0n) is 19.0. The molecule has 1 aliphatic rings. The molecule has 12 heteroatoms. The standard InChI is InChI=1S/C23H23F3N2O6S/c1-33-20-16(30)8-11-4-6-14(28-18(31)10-27-22(32)23(24,25)26)13-9-15(29)17(35-3)7-5-12(13)19(11)21(20)34-2/h5,7-9,14,30H,4,6,10H2,1-3H3,(H,27,32)(H,28,31). The number of benzene rings is 1. The Morgan fingerprint density at radius 2 is 1.86 bits per heavy atom. The second-order valence-corrected chi connectivity index (χ2v) is 8.46. The Kier molecular flexibility index (Phi) is 7.83. The SMILES string of the molecule is COc1c(O)cc2c(c1OC)-c1ccc(SC)c(=O)cc1C(NC(=O)CNC(=O)C(F)(F)F)CC2. The summed E-state index contributed by atoms with van der Waals surface area (Å²) in [7, 11) is 2.77. The lowest BCUT2D eigenvalue weighted by Crippen LogP contribution is -2.43. The number of carbonyl (C=O) groups excluding carboxylic acids is 2. The number of methoxy groups -OCH3 is 2. The molecule has 1 aliphatic carbocycles. The maximum atomic E-state index is 12.8. The molecule has 0 bridgehead atoms. The van der Waals surface area contributed by atoms with Gasteiger partial charge in [-0.3, -0.25) is 14.4 Å². The Morgan fingerprint density at radius 1 is 1.17 bits per heavy atom. The summed E-state index contributed by atoms with van der Waals surface area (Å²) in [4.78, 5) is 36.8. The van der Waals surface area contributed by atoms with Gasteiger partial charge in [-0.15, -0.1) is 11.8 Å². The van der Waals surface area contributed by atoms with E-state index in [2.05, 4.69) is 5.32 Å². The van der Waals surface area contributed by atoms with Crippen molar-refractivity contribution in [1.29, 1.82) is 0 Å². The molecule has 0 spiro atoms. The number of aryl methyl sites for hydroxylation is 1. The summed E-state index contributed by atoms with van der Waals surface area (Å²) < 4.78 is 48.2. The van der Waals surface area contributed by atoms with Gasteiger partial charge in [-0.05, 0) is 54.0 Å². The number of aromatic hydroxyl groups is 1. The molecule has 0 aromatic heterocycles. The number of rotatable bonds is 6. The van der Waals surface area contributed by atoms with E-state index in [0.29, 0.717) is 33.6 Å². The summed E-state index contributed by atoms with van der Waals surface area (Å²) in [5.41, 5.74) is 1.84. The lowest BCUT2D eigenvalue weighted by Gasteiger charge is -2.19. The van der Waals surface area contributed by atoms with E-state index in [1.165, 1.54) is 43.4 Å². The van der Waals surface area contributed by atoms with Crippen LogP contribution in [-0.4, -0.2) is 50.1 Å². The van der Waals surface area contributed by atoms with E-state index in [1.807, 2.05) is 0 Å². The van der Waals surface area contributed by atoms with Crippen LogP contribution in [0.25, 0.3) is 11.1 Å². The first-order valence-corrected chi connectivity index (χ1v) is 11.6. The van der Waals surface area contributed by atoms with Crippen molar-refractivity contribution in [3.8, 4) is 28.4 Å². The largest absolute Gasteiger partial charge is 0.504 e. The fraction of sp³-hybridized carbons (Fsp3) is 0.348. The summed E-state index contributed by atoms with van der Waals surface area (Å²) in [6, 6.07) is 5.42. The van der Waals surface area contributed by atoms with E-state index in [4.69, 9.17) is 9.47 Å². The van der Waals surface area contributed by atoms with Crippen molar-refractivity contribution in [3.05, 3.63) is 45.6 Å². The number of alkyl halides is 3. The second-order valence-electron chi connectivity index (χ2n) is 7.61. The zero-order valence-corrected chi connectivity index (χ0v) is 19.9. The van der Waals surface area contributed by atoms with Crippen molar-refractivity contribution in [2.24, 2.45) is 0 Å². The molecule has 188 valence electrons. The molecule has 35 heavy (non-hydrogen) atoms. The van der Waals surface area contributed by atoms with Crippen molar-refractivity contribution < 1.29 is 37.3 Å². The van der Waals surface area contributed by atoms with Gasteiger partial charge in [0.2, 0.25) is 11.7 Å². The number of nitrogens with one attached hydrogen (secondary N) is 2. The Morgan fingerprint density at radius 3 is 2.46 bits per heavy atom. The molecule has 0 saturated carbocycles. The highest BCUT2D eigenvalue weighted by Gasteiger charge is 2.38. The van der Waals surface area contributed by atoms with Crippen molar-refractivity contribution in [1.82, 2.24) is 10.6 Å². The normalized spacial score (nSPS) is 14.7. The van der Waals surface area contributed by atoms with Gasteiger partial charge in [0.25, 0.3) is 0 Å². The van der Waals surface area contributed by atoms with Crippen molar-refractivity contribution >= 4 is 23.6 Å². The molecule has 2 aromatic carbocycles. The molecule has 3 rings (SSSR count). The van der Waals surface area contributed by atoms with Crippen molar-refractivity contribution in [3.63, 3.8) is 0 Å². The average molecular weight is 513 g/mol. The lowest BCUT2D eigenvalue weighted by molar-refractivity contribution is -0.173. The number of hydrogen-bond donors (Lipinski definition) is 3. The van der Waals surface area contributed by atoms with Gasteiger partial charge in [0.1, 0.15) is 0 Å². The summed E-state index contributed by atoms with van der Waals surface area (Å²) in [6.45, 7) is -0.895. The van der Waals surface area contributed by atoms with Gasteiger partial charge in [0.15, 0.2) is 16.9 Å². The fourth-order valence-corrected chi connectivity index (χ4v) is 4.45. The maximum absolute atomic E-state index is 12.8. The van der Waals surface area contributed by atoms with Gasteiger partial charge in [-0.1, -0.05) is 6.07 Å². The van der Waals surface area contributed by atoms with Crippen LogP contribution in [0.1, 0.15) is 23.6 Å². The van der Waals surface area contributed by atoms with Gasteiger partial charge >= 0.3 is 12.1 Å². The van der Waals surface area contributed by atoms with Crippen LogP contribution in [0, 0.1) is 0 Å². The molecule has 0 saturated heterocycles. The molecule has 2 amide bonds. The van der Waals surface area contributed by atoms with E-state index in [9.17, 15) is 32.7 Å². The molecular formula is C23H23F3N2O6S. The minimum Gasteiger partial charge on any atom is -0.504 e. The predicted octanol–water partition coefficient (Wildman–Crippen LogP) is 2.94. The Labute approximate surface area is 202 Å². The quantitative estimate of drug-likeness (QED) is 0.510. The molecule has 2 aromatic rings. The van der Waals surface area contributed by atoms with Crippen molar-refractivity contribution in [2.75, 3.05) is 27.0 Å². The van der Waals surface area contributed by atoms with Crippen LogP contribution in [0.4, 0.5) is 13.2 Å². The molecule has 1 atom stereocenters. The highest BCUT2D eigenvalue weighted by atomic mass is 32.2. The number of amides is 2. The highest BCUT2D eigenvalue weighted by Crippen LogP contribution is 2.49. The third-order valence-electron chi connectivity index (χ3n) is 5.52. The topological polar surface area (TPSA) is 114 Å². The van der Waals surface area contributed by atoms with Crippen LogP contribution < -0.4 is 25.5 Å². The molecule has 0 heterocycles. The second kappa shape index (κ2) is 10.5. The molecular weight excluding hydrogens is 489 g/mol. The first-order chi connectivity index (χ1) is 16.5. The number of hydrogen-bond acceptors (Lipinski definition) is 7. The number of ether oxygens (including phenoxy) is 2. The van der Waals surface area contributed by atoms with E-state index >= 15 is 0 Å². The van der Waals surface area contributed by atoms with Gasteiger partial charge in [-0.25, -0.2) is 0 Å². The van der Waals surface area contributed by atoms with Crippen LogP contribution >= 0.6 is 11.8 Å². The lowest BCUT2D eigenvalue weighted by atomic mass is 9.95. The molecule has 8 nitrogen and oxygen atoms in total. The van der Waals surface area contributed by atoms with Crippen LogP contribution in [0.5, 0.6) is 17.2 Å². The molecule has 1 unspecified atom stereocenters. The molecule has 3 N–H and O–H groups in total. The number of phenols is 1. The van der Waals surface area contributed by atoms with Gasteiger partial charge < -0.3 is 25.2 Å². The van der Waals surface area contributed by atoms with Gasteiger partial charge in [-0.2, -0.15) is 13.2 Å². The monoisotopic (exact) mass is 512 g/mol. The van der Waals surface area contributed by atoms with E-state index in [0.717, 1.165) is 0 Å². The van der Waals surface area contributed by atoms with Crippen LogP contribution in [-0.2, 0) is 16.0 Å². The number of fused-ring (bicyclic) bond motifs is 3. The Bertz CT molecular complexity index is 1220. The summed E-state index contributed by atoms with van der Waals surface area (Å²) in [5, 5.41) is 14.6. The maximum Gasteiger partial charge on any atom is 0.471 e. The number of phenolic OH excluding ortho intramolecular Hbond substituents is 1. The highest BCUT2D eigenvalue weighted by molar-refractivity contribution is 7.98. The van der Waals surface area contributed by atoms with Crippen LogP contribution in [0.15, 0.2) is 34.0 Å². The smallest absolute Gasteiger partial charge is 0.471 e. The molecule has 0 aliphatic heterocycles. The number of halogens is 3. The van der Waals surface area contributed by atoms with Crippen molar-refractivity contribution in [2.45, 2.75) is 30.0 Å². The first kappa shape index (κ1) is 26.2. The van der Waals surface area contributed by atoms with E-state index in [1.54, 1.807) is 18.4 Å². The number of thioether (sulfide) groups is 1.